The van der Waals surface area contributed by atoms with Gasteiger partial charge in [-0.25, -0.2) is 18.6 Å². The Bertz CT molecular complexity index is 1790. The normalized spacial score (nSPS) is 14.5. The lowest BCUT2D eigenvalue weighted by Crippen LogP contribution is -2.31. The third-order valence-electron chi connectivity index (χ3n) is 7.19. The fraction of sp³-hybridized carbons (Fsp3) is 0.267. The Morgan fingerprint density at radius 2 is 1.84 bits per heavy atom. The number of carbonyl (C=O) groups excluding carboxylic acids is 1. The summed E-state index contributed by atoms with van der Waals surface area (Å²) >= 11 is 0. The predicted molar refractivity (Wildman–Crippen MR) is 145 cm³/mol. The number of nitrogens with zero attached hydrogens (tertiary/aromatic N) is 4. The second-order valence-electron chi connectivity index (χ2n) is 10.5. The number of nitrogens with one attached hydrogen (secondary N) is 1. The molecular formula is C30H26F5N5O3. The van der Waals surface area contributed by atoms with Gasteiger partial charge in [0.25, 0.3) is 5.91 Å². The second-order valence-corrected chi connectivity index (χ2v) is 10.5. The zero-order valence-corrected chi connectivity index (χ0v) is 23.0. The molecule has 2 N–H and O–H groups in total. The van der Waals surface area contributed by atoms with E-state index < -0.39 is 47.0 Å². The van der Waals surface area contributed by atoms with Crippen molar-refractivity contribution in [2.24, 2.45) is 18.0 Å². The van der Waals surface area contributed by atoms with Gasteiger partial charge in [-0.15, -0.1) is 4.99 Å². The first kappa shape index (κ1) is 29.7. The molecule has 0 unspecified atom stereocenters. The topological polar surface area (TPSA) is 102 Å². The van der Waals surface area contributed by atoms with Gasteiger partial charge >= 0.3 is 12.3 Å². The van der Waals surface area contributed by atoms with Gasteiger partial charge in [-0.05, 0) is 78.8 Å². The van der Waals surface area contributed by atoms with Crippen LogP contribution in [0.4, 0.5) is 26.7 Å². The van der Waals surface area contributed by atoms with E-state index in [2.05, 4.69) is 15.3 Å². The van der Waals surface area contributed by atoms with Crippen LogP contribution in [-0.4, -0.2) is 31.2 Å². The largest absolute Gasteiger partial charge is 0.463 e. The van der Waals surface area contributed by atoms with Gasteiger partial charge < -0.3 is 19.6 Å². The second kappa shape index (κ2) is 11.5. The summed E-state index contributed by atoms with van der Waals surface area (Å²) in [6.45, 7) is 1.53. The smallest absolute Gasteiger partial charge is 0.434 e. The fourth-order valence-electron chi connectivity index (χ4n) is 4.95. The summed E-state index contributed by atoms with van der Waals surface area (Å²) < 4.78 is 72.5. The number of imidazole rings is 1. The zero-order valence-electron chi connectivity index (χ0n) is 23.0. The number of alkyl halides is 3. The van der Waals surface area contributed by atoms with Gasteiger partial charge in [0.15, 0.2) is 0 Å². The van der Waals surface area contributed by atoms with Crippen molar-refractivity contribution in [1.82, 2.24) is 19.4 Å². The number of benzene rings is 2. The highest BCUT2D eigenvalue weighted by atomic mass is 19.4. The molecule has 1 saturated carbocycles. The van der Waals surface area contributed by atoms with Gasteiger partial charge in [0, 0.05) is 25.0 Å². The van der Waals surface area contributed by atoms with Crippen LogP contribution >= 0.6 is 0 Å². The first-order valence-electron chi connectivity index (χ1n) is 13.2. The Morgan fingerprint density at radius 3 is 2.49 bits per heavy atom. The molecule has 1 aliphatic carbocycles. The number of hydrogen-bond acceptors (Lipinski definition) is 3. The van der Waals surface area contributed by atoms with E-state index in [9.17, 15) is 36.6 Å². The molecule has 0 aliphatic heterocycles. The van der Waals surface area contributed by atoms with Crippen LogP contribution in [0.3, 0.4) is 0 Å². The Labute approximate surface area is 242 Å². The summed E-state index contributed by atoms with van der Waals surface area (Å²) in [5, 5.41) is 12.1. The Morgan fingerprint density at radius 1 is 1.09 bits per heavy atom. The van der Waals surface area contributed by atoms with Gasteiger partial charge in [0.1, 0.15) is 17.3 Å². The molecule has 4 aromatic rings. The molecule has 2 amide bonds. The Hall–Kier alpha value is -4.81. The molecule has 8 nitrogen and oxygen atoms in total. The van der Waals surface area contributed by atoms with Crippen LogP contribution in [0, 0.1) is 24.5 Å². The minimum atomic E-state index is -4.92. The Balaban J connectivity index is 1.60. The lowest BCUT2D eigenvalue weighted by atomic mass is 9.99. The summed E-state index contributed by atoms with van der Waals surface area (Å²) in [5.41, 5.74) is -0.712. The molecule has 2 aromatic carbocycles. The van der Waals surface area contributed by atoms with Crippen molar-refractivity contribution >= 4 is 12.0 Å². The van der Waals surface area contributed by atoms with Crippen molar-refractivity contribution in [3.05, 3.63) is 106 Å². The van der Waals surface area contributed by atoms with Crippen molar-refractivity contribution in [1.29, 1.82) is 0 Å². The number of pyridine rings is 1. The number of rotatable bonds is 7. The van der Waals surface area contributed by atoms with Crippen molar-refractivity contribution in [3.8, 4) is 11.3 Å². The van der Waals surface area contributed by atoms with Crippen LogP contribution in [-0.2, 0) is 19.8 Å². The van der Waals surface area contributed by atoms with Crippen LogP contribution < -0.4 is 10.9 Å². The average molecular weight is 600 g/mol. The fourth-order valence-corrected chi connectivity index (χ4v) is 4.95. The molecule has 1 aliphatic rings. The SMILES string of the molecule is Cc1cc([C@@H](NC(=O)c2cc(Cn3ccn(C)c3=NC(=O)O)cc(-c3ccc(F)cc3C(F)(F)F)n2)C2CC2)ccc1F. The molecule has 2 aromatic heterocycles. The Kier molecular flexibility index (Phi) is 7.91. The van der Waals surface area contributed by atoms with Gasteiger partial charge in [-0.1, -0.05) is 12.1 Å². The minimum absolute atomic E-state index is 0.0371. The van der Waals surface area contributed by atoms with Crippen molar-refractivity contribution in [2.45, 2.75) is 38.5 Å². The molecule has 0 bridgehead atoms. The maximum atomic E-state index is 13.9. The molecule has 0 radical (unpaired) electrons. The molecule has 13 heteroatoms. The van der Waals surface area contributed by atoms with Gasteiger partial charge in [0.2, 0.25) is 5.62 Å². The molecule has 0 saturated heterocycles. The number of aromatic nitrogens is 3. The van der Waals surface area contributed by atoms with Crippen molar-refractivity contribution in [2.75, 3.05) is 0 Å². The maximum absolute atomic E-state index is 13.9. The molecule has 43 heavy (non-hydrogen) atoms. The highest BCUT2D eigenvalue weighted by Crippen LogP contribution is 2.42. The van der Waals surface area contributed by atoms with E-state index in [0.29, 0.717) is 22.8 Å². The van der Waals surface area contributed by atoms with Crippen LogP contribution in [0.5, 0.6) is 0 Å². The number of carboxylic acid groups (broad SMARTS) is 1. The summed E-state index contributed by atoms with van der Waals surface area (Å²) in [6, 6.07) is 8.94. The van der Waals surface area contributed by atoms with Crippen LogP contribution in [0.2, 0.25) is 0 Å². The van der Waals surface area contributed by atoms with Gasteiger partial charge in [-0.2, -0.15) is 13.2 Å². The molecule has 5 rings (SSSR count). The lowest BCUT2D eigenvalue weighted by molar-refractivity contribution is -0.137. The maximum Gasteiger partial charge on any atom is 0.434 e. The lowest BCUT2D eigenvalue weighted by Gasteiger charge is -2.20. The summed E-state index contributed by atoms with van der Waals surface area (Å²) in [4.78, 5) is 32.7. The molecule has 2 heterocycles. The van der Waals surface area contributed by atoms with Gasteiger partial charge in [0.05, 0.1) is 23.8 Å². The van der Waals surface area contributed by atoms with E-state index in [1.165, 1.54) is 33.5 Å². The highest BCUT2D eigenvalue weighted by molar-refractivity contribution is 5.93. The summed E-state index contributed by atoms with van der Waals surface area (Å²) in [7, 11) is 1.57. The van der Waals surface area contributed by atoms with E-state index in [1.807, 2.05) is 0 Å². The third kappa shape index (κ3) is 6.65. The number of amides is 2. The molecular weight excluding hydrogens is 573 g/mol. The van der Waals surface area contributed by atoms with Crippen LogP contribution in [0.25, 0.3) is 11.3 Å². The van der Waals surface area contributed by atoms with E-state index >= 15 is 0 Å². The van der Waals surface area contributed by atoms with Crippen molar-refractivity contribution in [3.63, 3.8) is 0 Å². The monoisotopic (exact) mass is 599 g/mol. The quantitative estimate of drug-likeness (QED) is 0.255. The first-order chi connectivity index (χ1) is 20.3. The molecule has 1 atom stereocenters. The summed E-state index contributed by atoms with van der Waals surface area (Å²) in [6.07, 6.45) is -1.65. The standard InChI is InChI=1S/C30H26F5N5O3/c1-16-11-19(5-8-23(16)32)26(18-3-4-18)37-27(41)25-13-17(15-40-10-9-39(2)28(40)38-29(42)43)12-24(36-25)21-7-6-20(31)14-22(21)30(33,34)35/h5-14,18,26H,3-4,15H2,1-2H3,(H,37,41)(H,42,43)/t26-/m0/s1. The van der Waals surface area contributed by atoms with E-state index in [-0.39, 0.29) is 29.5 Å². The molecule has 0 spiro atoms. The van der Waals surface area contributed by atoms with E-state index in [1.54, 1.807) is 32.3 Å². The first-order valence-corrected chi connectivity index (χ1v) is 13.2. The summed E-state index contributed by atoms with van der Waals surface area (Å²) in [5.74, 6) is -2.07. The third-order valence-corrected chi connectivity index (χ3v) is 7.19. The molecule has 224 valence electrons. The number of hydrogen-bond donors (Lipinski definition) is 2. The van der Waals surface area contributed by atoms with E-state index in [0.717, 1.165) is 25.0 Å². The number of aryl methyl sites for hydroxylation is 2. The van der Waals surface area contributed by atoms with Crippen LogP contribution in [0.1, 0.15) is 51.6 Å². The highest BCUT2D eigenvalue weighted by Gasteiger charge is 2.36. The predicted octanol–water partition coefficient (Wildman–Crippen LogP) is 6.00. The van der Waals surface area contributed by atoms with Crippen molar-refractivity contribution < 1.29 is 36.6 Å². The van der Waals surface area contributed by atoms with Gasteiger partial charge in [-0.3, -0.25) is 4.79 Å². The van der Waals surface area contributed by atoms with Crippen LogP contribution in [0.15, 0.2) is 65.9 Å². The molecule has 1 fully saturated rings. The van der Waals surface area contributed by atoms with E-state index in [4.69, 9.17) is 0 Å². The zero-order chi connectivity index (χ0) is 31.1. The average Bonchev–Trinajstić information content (AvgIpc) is 3.73. The number of halogens is 5. The minimum Gasteiger partial charge on any atom is -0.463 e. The number of carbonyl (C=O) groups is 2.